The summed E-state index contributed by atoms with van der Waals surface area (Å²) in [4.78, 5) is 34.5. The number of carbonyl (C=O) groups is 2. The second-order valence-corrected chi connectivity index (χ2v) is 9.06. The number of carbonyl (C=O) groups excluding carboxylic acids is 2. The van der Waals surface area contributed by atoms with Gasteiger partial charge in [0.1, 0.15) is 5.56 Å². The molecule has 0 saturated carbocycles. The fraction of sp³-hybridized carbons (Fsp3) is 0.440. The fourth-order valence-corrected chi connectivity index (χ4v) is 4.86. The fourth-order valence-electron chi connectivity index (χ4n) is 4.86. The molecule has 1 aromatic carbocycles. The van der Waals surface area contributed by atoms with Gasteiger partial charge in [0.15, 0.2) is 5.65 Å². The van der Waals surface area contributed by atoms with E-state index in [2.05, 4.69) is 17.0 Å². The van der Waals surface area contributed by atoms with Crippen LogP contribution in [0.2, 0.25) is 0 Å². The zero-order valence-electron chi connectivity index (χ0n) is 18.5. The molecule has 0 atom stereocenters. The van der Waals surface area contributed by atoms with E-state index in [4.69, 9.17) is 0 Å². The first-order chi connectivity index (χ1) is 15.6. The van der Waals surface area contributed by atoms with Crippen molar-refractivity contribution in [1.29, 1.82) is 0 Å². The quantitative estimate of drug-likeness (QED) is 0.636. The molecule has 2 aliphatic rings. The van der Waals surface area contributed by atoms with Crippen molar-refractivity contribution in [2.45, 2.75) is 32.6 Å². The Morgan fingerprint density at radius 1 is 0.906 bits per heavy atom. The minimum absolute atomic E-state index is 0.0270. The van der Waals surface area contributed by atoms with E-state index in [1.807, 2.05) is 46.2 Å². The average molecular weight is 432 g/mol. The number of amides is 2. The van der Waals surface area contributed by atoms with Crippen molar-refractivity contribution in [3.63, 3.8) is 0 Å². The zero-order valence-corrected chi connectivity index (χ0v) is 18.5. The van der Waals surface area contributed by atoms with Crippen molar-refractivity contribution in [2.75, 3.05) is 26.2 Å². The third-order valence-electron chi connectivity index (χ3n) is 6.93. The Kier molecular flexibility index (Phi) is 5.64. The van der Waals surface area contributed by atoms with Gasteiger partial charge in [0.25, 0.3) is 5.91 Å². The molecule has 0 spiro atoms. The molecule has 2 fully saturated rings. The van der Waals surface area contributed by atoms with Gasteiger partial charge in [0.2, 0.25) is 5.91 Å². The van der Waals surface area contributed by atoms with E-state index in [9.17, 15) is 9.59 Å². The van der Waals surface area contributed by atoms with Crippen LogP contribution in [0.5, 0.6) is 0 Å². The van der Waals surface area contributed by atoms with E-state index in [1.54, 1.807) is 16.9 Å². The third-order valence-corrected chi connectivity index (χ3v) is 6.93. The van der Waals surface area contributed by atoms with Crippen LogP contribution in [0.4, 0.5) is 0 Å². The zero-order chi connectivity index (χ0) is 22.1. The number of piperidine rings is 2. The molecule has 5 rings (SSSR count). The van der Waals surface area contributed by atoms with Crippen LogP contribution in [-0.4, -0.2) is 62.4 Å². The molecular weight excluding hydrogens is 402 g/mol. The molecule has 0 bridgehead atoms. The lowest BCUT2D eigenvalue weighted by molar-refractivity contribution is -0.138. The Bertz CT molecular complexity index is 1110. The van der Waals surface area contributed by atoms with Gasteiger partial charge >= 0.3 is 0 Å². The van der Waals surface area contributed by atoms with Crippen LogP contribution in [0.25, 0.3) is 16.9 Å². The molecule has 2 amide bonds. The Labute approximate surface area is 188 Å². The largest absolute Gasteiger partial charge is 0.342 e. The number of fused-ring (bicyclic) bond motifs is 1. The summed E-state index contributed by atoms with van der Waals surface area (Å²) in [6.45, 7) is 5.18. The molecule has 0 N–H and O–H groups in total. The summed E-state index contributed by atoms with van der Waals surface area (Å²) in [6, 6.07) is 11.9. The predicted octanol–water partition coefficient (Wildman–Crippen LogP) is 3.51. The van der Waals surface area contributed by atoms with Gasteiger partial charge in [-0.25, -0.2) is 9.50 Å². The second kappa shape index (κ2) is 8.73. The molecule has 0 radical (unpaired) electrons. The van der Waals surface area contributed by atoms with Gasteiger partial charge in [0, 0.05) is 43.9 Å². The van der Waals surface area contributed by atoms with Gasteiger partial charge in [-0.3, -0.25) is 9.59 Å². The van der Waals surface area contributed by atoms with Gasteiger partial charge in [0.05, 0.1) is 11.9 Å². The average Bonchev–Trinajstić information content (AvgIpc) is 3.29. The monoisotopic (exact) mass is 431 g/mol. The molecular formula is C25H29N5O2. The summed E-state index contributed by atoms with van der Waals surface area (Å²) in [6.07, 6.45) is 6.96. The van der Waals surface area contributed by atoms with Crippen molar-refractivity contribution < 1.29 is 9.59 Å². The van der Waals surface area contributed by atoms with E-state index in [-0.39, 0.29) is 17.7 Å². The van der Waals surface area contributed by atoms with Gasteiger partial charge in [-0.05, 0) is 37.7 Å². The number of benzene rings is 1. The Morgan fingerprint density at radius 3 is 2.31 bits per heavy atom. The minimum Gasteiger partial charge on any atom is -0.342 e. The number of nitrogens with zero attached hydrogens (tertiary/aromatic N) is 5. The smallest absolute Gasteiger partial charge is 0.259 e. The van der Waals surface area contributed by atoms with Crippen LogP contribution in [0.1, 0.15) is 43.0 Å². The standard InChI is InChI=1S/C25H29N5O2/c1-18-8-13-28(14-9-18)24(31)20-10-15-29(16-11-20)25(32)21-17-27-30-22(7-12-26-23(21)30)19-5-3-2-4-6-19/h2-7,12,17-18,20H,8-11,13-16H2,1H3. The summed E-state index contributed by atoms with van der Waals surface area (Å²) in [5.74, 6) is 0.948. The van der Waals surface area contributed by atoms with Gasteiger partial charge in [-0.2, -0.15) is 5.10 Å². The number of hydrogen-bond acceptors (Lipinski definition) is 4. The second-order valence-electron chi connectivity index (χ2n) is 9.06. The minimum atomic E-state index is -0.0598. The highest BCUT2D eigenvalue weighted by Gasteiger charge is 2.32. The predicted molar refractivity (Wildman–Crippen MR) is 122 cm³/mol. The van der Waals surface area contributed by atoms with E-state index in [0.29, 0.717) is 30.2 Å². The third kappa shape index (κ3) is 3.87. The van der Waals surface area contributed by atoms with Crippen LogP contribution in [0.15, 0.2) is 48.8 Å². The molecule has 32 heavy (non-hydrogen) atoms. The van der Waals surface area contributed by atoms with Gasteiger partial charge in [-0.15, -0.1) is 0 Å². The molecule has 0 unspecified atom stereocenters. The van der Waals surface area contributed by atoms with Crippen molar-refractivity contribution in [3.8, 4) is 11.3 Å². The van der Waals surface area contributed by atoms with E-state index in [1.165, 1.54) is 0 Å². The summed E-state index contributed by atoms with van der Waals surface area (Å²) in [7, 11) is 0. The van der Waals surface area contributed by atoms with Crippen LogP contribution in [-0.2, 0) is 4.79 Å². The molecule has 2 aliphatic heterocycles. The number of hydrogen-bond donors (Lipinski definition) is 0. The maximum Gasteiger partial charge on any atom is 0.259 e. The van der Waals surface area contributed by atoms with Crippen molar-refractivity contribution >= 4 is 17.5 Å². The summed E-state index contributed by atoms with van der Waals surface area (Å²) >= 11 is 0. The molecule has 2 aromatic heterocycles. The molecule has 7 nitrogen and oxygen atoms in total. The molecule has 7 heteroatoms. The molecule has 0 aliphatic carbocycles. The first-order valence-electron chi connectivity index (χ1n) is 11.6. The lowest BCUT2D eigenvalue weighted by Crippen LogP contribution is -2.46. The highest BCUT2D eigenvalue weighted by molar-refractivity contribution is 6.00. The van der Waals surface area contributed by atoms with E-state index < -0.39 is 0 Å². The van der Waals surface area contributed by atoms with E-state index in [0.717, 1.165) is 50.0 Å². The SMILES string of the molecule is CC1CCN(C(=O)C2CCN(C(=O)c3cnn4c(-c5ccccc5)ccnc34)CC2)CC1. The Morgan fingerprint density at radius 2 is 1.59 bits per heavy atom. The number of rotatable bonds is 3. The Balaban J connectivity index is 1.28. The number of likely N-dealkylation sites (tertiary alicyclic amines) is 2. The van der Waals surface area contributed by atoms with Crippen LogP contribution >= 0.6 is 0 Å². The van der Waals surface area contributed by atoms with Crippen LogP contribution in [0.3, 0.4) is 0 Å². The molecule has 3 aromatic rings. The Hall–Kier alpha value is -3.22. The van der Waals surface area contributed by atoms with Crippen molar-refractivity contribution in [2.24, 2.45) is 11.8 Å². The molecule has 166 valence electrons. The normalized spacial score (nSPS) is 18.3. The van der Waals surface area contributed by atoms with Gasteiger partial charge in [-0.1, -0.05) is 37.3 Å². The highest BCUT2D eigenvalue weighted by Crippen LogP contribution is 2.26. The number of aromatic nitrogens is 3. The first-order valence-corrected chi connectivity index (χ1v) is 11.6. The van der Waals surface area contributed by atoms with Crippen LogP contribution in [0, 0.1) is 11.8 Å². The highest BCUT2D eigenvalue weighted by atomic mass is 16.2. The maximum absolute atomic E-state index is 13.3. The van der Waals surface area contributed by atoms with Crippen molar-refractivity contribution in [3.05, 3.63) is 54.4 Å². The summed E-state index contributed by atoms with van der Waals surface area (Å²) < 4.78 is 1.73. The lowest BCUT2D eigenvalue weighted by atomic mass is 9.92. The van der Waals surface area contributed by atoms with Crippen molar-refractivity contribution in [1.82, 2.24) is 24.4 Å². The van der Waals surface area contributed by atoms with E-state index >= 15 is 0 Å². The van der Waals surface area contributed by atoms with Crippen LogP contribution < -0.4 is 0 Å². The summed E-state index contributed by atoms with van der Waals surface area (Å²) in [5, 5.41) is 4.47. The summed E-state index contributed by atoms with van der Waals surface area (Å²) in [5.41, 5.74) is 3.00. The van der Waals surface area contributed by atoms with Gasteiger partial charge < -0.3 is 9.80 Å². The topological polar surface area (TPSA) is 70.8 Å². The molecule has 4 heterocycles. The lowest BCUT2D eigenvalue weighted by Gasteiger charge is -2.36. The molecule has 2 saturated heterocycles. The maximum atomic E-state index is 13.3. The first kappa shape index (κ1) is 20.7.